The minimum Gasteiger partial charge on any atom is -0.325 e. The third-order valence-electron chi connectivity index (χ3n) is 2.65. The molecular formula is C15H12BrFN2O2. The van der Waals surface area contributed by atoms with Crippen LogP contribution in [-0.2, 0) is 4.79 Å². The van der Waals surface area contributed by atoms with Crippen molar-refractivity contribution in [2.24, 2.45) is 0 Å². The van der Waals surface area contributed by atoms with E-state index in [0.717, 1.165) is 4.47 Å². The van der Waals surface area contributed by atoms with E-state index < -0.39 is 5.82 Å². The number of hydrogen-bond acceptors (Lipinski definition) is 2. The van der Waals surface area contributed by atoms with E-state index >= 15 is 0 Å². The van der Waals surface area contributed by atoms with E-state index in [1.165, 1.54) is 31.2 Å². The summed E-state index contributed by atoms with van der Waals surface area (Å²) >= 11 is 3.30. The fraction of sp³-hybridized carbons (Fsp3) is 0.0667. The van der Waals surface area contributed by atoms with Gasteiger partial charge in [0.25, 0.3) is 5.91 Å². The highest BCUT2D eigenvalue weighted by molar-refractivity contribution is 9.10. The van der Waals surface area contributed by atoms with Crippen molar-refractivity contribution in [1.29, 1.82) is 0 Å². The average molecular weight is 351 g/mol. The van der Waals surface area contributed by atoms with Crippen LogP contribution in [-0.4, -0.2) is 11.8 Å². The van der Waals surface area contributed by atoms with E-state index in [1.807, 2.05) is 0 Å². The van der Waals surface area contributed by atoms with Gasteiger partial charge in [-0.3, -0.25) is 9.59 Å². The van der Waals surface area contributed by atoms with Gasteiger partial charge in [0.05, 0.1) is 11.4 Å². The molecule has 4 nitrogen and oxygen atoms in total. The van der Waals surface area contributed by atoms with Crippen molar-refractivity contribution in [3.8, 4) is 0 Å². The fourth-order valence-electron chi connectivity index (χ4n) is 1.71. The van der Waals surface area contributed by atoms with E-state index in [0.29, 0.717) is 16.9 Å². The van der Waals surface area contributed by atoms with Gasteiger partial charge in [-0.05, 0) is 42.5 Å². The van der Waals surface area contributed by atoms with Crippen molar-refractivity contribution < 1.29 is 14.0 Å². The molecule has 0 atom stereocenters. The highest BCUT2D eigenvalue weighted by Crippen LogP contribution is 2.26. The minimum atomic E-state index is -0.409. The van der Waals surface area contributed by atoms with E-state index in [2.05, 4.69) is 26.6 Å². The number of amides is 2. The van der Waals surface area contributed by atoms with Crippen LogP contribution in [0.4, 0.5) is 15.8 Å². The van der Waals surface area contributed by atoms with Gasteiger partial charge in [0, 0.05) is 17.0 Å². The molecule has 2 rings (SSSR count). The lowest BCUT2D eigenvalue weighted by Crippen LogP contribution is -2.15. The lowest BCUT2D eigenvalue weighted by Gasteiger charge is -2.12. The minimum absolute atomic E-state index is 0.241. The second kappa shape index (κ2) is 6.49. The molecule has 108 valence electrons. The number of halogens is 2. The van der Waals surface area contributed by atoms with Crippen molar-refractivity contribution in [2.45, 2.75) is 6.92 Å². The van der Waals surface area contributed by atoms with Crippen LogP contribution in [0.5, 0.6) is 0 Å². The summed E-state index contributed by atoms with van der Waals surface area (Å²) in [5, 5.41) is 5.32. The highest BCUT2D eigenvalue weighted by Gasteiger charge is 2.10. The largest absolute Gasteiger partial charge is 0.325 e. The van der Waals surface area contributed by atoms with Crippen LogP contribution < -0.4 is 10.6 Å². The third kappa shape index (κ3) is 4.13. The Balaban J connectivity index is 2.25. The molecule has 21 heavy (non-hydrogen) atoms. The molecule has 0 aliphatic rings. The van der Waals surface area contributed by atoms with E-state index in [-0.39, 0.29) is 11.8 Å². The van der Waals surface area contributed by atoms with Gasteiger partial charge in [-0.2, -0.15) is 0 Å². The molecule has 0 aliphatic heterocycles. The van der Waals surface area contributed by atoms with Gasteiger partial charge in [0.1, 0.15) is 5.82 Å². The zero-order valence-electron chi connectivity index (χ0n) is 11.1. The van der Waals surface area contributed by atoms with Crippen LogP contribution >= 0.6 is 15.9 Å². The van der Waals surface area contributed by atoms with Crippen LogP contribution in [0.15, 0.2) is 46.9 Å². The number of hydrogen-bond donors (Lipinski definition) is 2. The summed E-state index contributed by atoms with van der Waals surface area (Å²) in [6.07, 6.45) is 0. The second-order valence-corrected chi connectivity index (χ2v) is 5.25. The lowest BCUT2D eigenvalue weighted by molar-refractivity contribution is -0.114. The summed E-state index contributed by atoms with van der Waals surface area (Å²) in [7, 11) is 0. The summed E-state index contributed by atoms with van der Waals surface area (Å²) in [5.41, 5.74) is 1.26. The number of anilines is 2. The lowest BCUT2D eigenvalue weighted by atomic mass is 10.2. The fourth-order valence-corrected chi connectivity index (χ4v) is 2.08. The molecule has 0 bridgehead atoms. The normalized spacial score (nSPS) is 10.0. The van der Waals surface area contributed by atoms with Gasteiger partial charge in [0.2, 0.25) is 5.91 Å². The Bertz CT molecular complexity index is 687. The van der Waals surface area contributed by atoms with Gasteiger partial charge in [-0.25, -0.2) is 4.39 Å². The average Bonchev–Trinajstić information content (AvgIpc) is 2.42. The molecule has 2 amide bonds. The Morgan fingerprint density at radius 1 is 1.00 bits per heavy atom. The third-order valence-corrected chi connectivity index (χ3v) is 3.14. The van der Waals surface area contributed by atoms with Crippen LogP contribution in [0.1, 0.15) is 17.3 Å². The predicted octanol–water partition coefficient (Wildman–Crippen LogP) is 3.80. The van der Waals surface area contributed by atoms with E-state index in [9.17, 15) is 14.0 Å². The number of carbonyl (C=O) groups is 2. The summed E-state index contributed by atoms with van der Waals surface area (Å²) in [5.74, 6) is -1.04. The Morgan fingerprint density at radius 2 is 1.67 bits per heavy atom. The first-order valence-electron chi connectivity index (χ1n) is 6.10. The molecule has 0 aliphatic carbocycles. The highest BCUT2D eigenvalue weighted by atomic mass is 79.9. The number of benzene rings is 2. The first-order chi connectivity index (χ1) is 9.95. The van der Waals surface area contributed by atoms with Crippen LogP contribution in [0.3, 0.4) is 0 Å². The maximum atomic E-state index is 12.9. The van der Waals surface area contributed by atoms with Gasteiger partial charge < -0.3 is 10.6 Å². The molecule has 0 heterocycles. The summed E-state index contributed by atoms with van der Waals surface area (Å²) < 4.78 is 13.6. The zero-order valence-corrected chi connectivity index (χ0v) is 12.7. The molecule has 2 aromatic carbocycles. The van der Waals surface area contributed by atoms with Crippen LogP contribution in [0.25, 0.3) is 0 Å². The van der Waals surface area contributed by atoms with Gasteiger partial charge in [0.15, 0.2) is 0 Å². The van der Waals surface area contributed by atoms with Crippen molar-refractivity contribution >= 4 is 39.1 Å². The maximum Gasteiger partial charge on any atom is 0.255 e. The molecule has 0 unspecified atom stereocenters. The van der Waals surface area contributed by atoms with Crippen molar-refractivity contribution in [3.63, 3.8) is 0 Å². The zero-order chi connectivity index (χ0) is 15.4. The molecule has 0 saturated heterocycles. The molecule has 2 N–H and O–H groups in total. The first kappa shape index (κ1) is 15.2. The maximum absolute atomic E-state index is 12.9. The Labute approximate surface area is 129 Å². The number of rotatable bonds is 3. The summed E-state index contributed by atoms with van der Waals surface area (Å²) in [4.78, 5) is 23.3. The Morgan fingerprint density at radius 3 is 2.29 bits per heavy atom. The van der Waals surface area contributed by atoms with Gasteiger partial charge >= 0.3 is 0 Å². The molecular weight excluding hydrogens is 339 g/mol. The monoisotopic (exact) mass is 350 g/mol. The topological polar surface area (TPSA) is 58.2 Å². The molecule has 6 heteroatoms. The number of nitrogens with one attached hydrogen (secondary N) is 2. The smallest absolute Gasteiger partial charge is 0.255 e. The van der Waals surface area contributed by atoms with Gasteiger partial charge in [-0.1, -0.05) is 15.9 Å². The summed E-state index contributed by atoms with van der Waals surface area (Å²) in [6, 6.07) is 10.3. The molecule has 0 saturated carbocycles. The number of carbonyl (C=O) groups excluding carboxylic acids is 2. The quantitative estimate of drug-likeness (QED) is 0.884. The Kier molecular flexibility index (Phi) is 4.70. The molecule has 0 spiro atoms. The van der Waals surface area contributed by atoms with E-state index in [1.54, 1.807) is 18.2 Å². The van der Waals surface area contributed by atoms with Crippen molar-refractivity contribution in [1.82, 2.24) is 0 Å². The van der Waals surface area contributed by atoms with E-state index in [4.69, 9.17) is 0 Å². The Hall–Kier alpha value is -2.21. The second-order valence-electron chi connectivity index (χ2n) is 4.33. The first-order valence-corrected chi connectivity index (χ1v) is 6.89. The van der Waals surface area contributed by atoms with Crippen molar-refractivity contribution in [3.05, 3.63) is 58.3 Å². The molecule has 0 fully saturated rings. The van der Waals surface area contributed by atoms with Crippen molar-refractivity contribution in [2.75, 3.05) is 10.6 Å². The van der Waals surface area contributed by atoms with Crippen LogP contribution in [0, 0.1) is 5.82 Å². The van der Waals surface area contributed by atoms with Gasteiger partial charge in [-0.15, -0.1) is 0 Å². The standard InChI is InChI=1S/C15H12BrFN2O2/c1-9(20)18-13-7-4-11(16)8-14(13)19-15(21)10-2-5-12(17)6-3-10/h2-8H,1H3,(H,18,20)(H,19,21). The SMILES string of the molecule is CC(=O)Nc1ccc(Br)cc1NC(=O)c1ccc(F)cc1. The molecule has 2 aromatic rings. The molecule has 0 radical (unpaired) electrons. The predicted molar refractivity (Wildman–Crippen MR) is 82.8 cm³/mol. The molecule has 0 aromatic heterocycles. The summed E-state index contributed by atoms with van der Waals surface area (Å²) in [6.45, 7) is 1.38. The van der Waals surface area contributed by atoms with Crippen LogP contribution in [0.2, 0.25) is 0 Å².